The smallest absolute Gasteiger partial charge is 0.413 e. The van der Waals surface area contributed by atoms with Gasteiger partial charge in [0.2, 0.25) is 10.0 Å². The number of aryl methyl sites for hydroxylation is 1. The number of ether oxygens (including phenoxy) is 1. The summed E-state index contributed by atoms with van der Waals surface area (Å²) in [5.74, 6) is 0.138. The molecule has 154 valence electrons. The lowest BCUT2D eigenvalue weighted by atomic mass is 10.2. The summed E-state index contributed by atoms with van der Waals surface area (Å²) in [6.07, 6.45) is 0.316. The molecular weight excluding hydrogens is 388 g/mol. The van der Waals surface area contributed by atoms with Gasteiger partial charge in [0, 0.05) is 37.6 Å². The lowest BCUT2D eigenvalue weighted by Gasteiger charge is -2.33. The van der Waals surface area contributed by atoms with E-state index in [0.29, 0.717) is 37.9 Å². The Kier molecular flexibility index (Phi) is 7.23. The van der Waals surface area contributed by atoms with Gasteiger partial charge in [-0.2, -0.15) is 4.31 Å². The fraction of sp³-hybridized carbons (Fsp3) is 0.765. The maximum Gasteiger partial charge on any atom is 0.413 e. The number of nitrogens with zero attached hydrogens (tertiary/aromatic N) is 3. The number of amides is 1. The standard InChI is InChI=1S/C17H30N4O4S2/c1-6-14-13(18-15(26-14)19-16(22)25-17(3,4)5)12-20-8-10-21(11-9-20)27(23,24)7-2/h6-12H2,1-5H3,(H,18,19,22). The van der Waals surface area contributed by atoms with E-state index in [-0.39, 0.29) is 5.75 Å². The van der Waals surface area contributed by atoms with Crippen molar-refractivity contribution in [2.75, 3.05) is 37.2 Å². The molecule has 0 atom stereocenters. The van der Waals surface area contributed by atoms with Gasteiger partial charge in [0.1, 0.15) is 5.60 Å². The second-order valence-electron chi connectivity index (χ2n) is 7.45. The highest BCUT2D eigenvalue weighted by atomic mass is 32.2. The zero-order valence-corrected chi connectivity index (χ0v) is 18.4. The quantitative estimate of drug-likeness (QED) is 0.763. The van der Waals surface area contributed by atoms with E-state index < -0.39 is 21.7 Å². The molecule has 1 aromatic rings. The van der Waals surface area contributed by atoms with E-state index in [0.717, 1.165) is 17.0 Å². The van der Waals surface area contributed by atoms with Gasteiger partial charge >= 0.3 is 6.09 Å². The Balaban J connectivity index is 1.97. The fourth-order valence-electron chi connectivity index (χ4n) is 2.79. The predicted octanol–water partition coefficient (Wildman–Crippen LogP) is 2.52. The van der Waals surface area contributed by atoms with Gasteiger partial charge in [-0.25, -0.2) is 18.2 Å². The Hall–Kier alpha value is -1.23. The highest BCUT2D eigenvalue weighted by Gasteiger charge is 2.26. The molecule has 0 radical (unpaired) electrons. The highest BCUT2D eigenvalue weighted by molar-refractivity contribution is 7.89. The van der Waals surface area contributed by atoms with Crippen molar-refractivity contribution in [2.24, 2.45) is 0 Å². The highest BCUT2D eigenvalue weighted by Crippen LogP contribution is 2.26. The van der Waals surface area contributed by atoms with Crippen molar-refractivity contribution in [3.05, 3.63) is 10.6 Å². The molecule has 0 saturated carbocycles. The third-order valence-electron chi connectivity index (χ3n) is 4.17. The third kappa shape index (κ3) is 6.41. The van der Waals surface area contributed by atoms with Crippen LogP contribution in [0.5, 0.6) is 0 Å². The van der Waals surface area contributed by atoms with Crippen molar-refractivity contribution in [2.45, 2.75) is 53.2 Å². The Morgan fingerprint density at radius 2 is 1.85 bits per heavy atom. The monoisotopic (exact) mass is 418 g/mol. The Bertz CT molecular complexity index is 747. The maximum atomic E-state index is 12.0. The van der Waals surface area contributed by atoms with Crippen LogP contribution in [0.3, 0.4) is 0 Å². The van der Waals surface area contributed by atoms with Crippen molar-refractivity contribution < 1.29 is 17.9 Å². The number of thiazole rings is 1. The first kappa shape index (κ1) is 22.1. The second kappa shape index (κ2) is 8.85. The van der Waals surface area contributed by atoms with Crippen LogP contribution in [0.1, 0.15) is 45.2 Å². The molecule has 0 unspecified atom stereocenters. The summed E-state index contributed by atoms with van der Waals surface area (Å²) in [6, 6.07) is 0. The molecule has 1 saturated heterocycles. The van der Waals surface area contributed by atoms with Crippen LogP contribution in [-0.4, -0.2) is 66.2 Å². The molecule has 1 aliphatic heterocycles. The van der Waals surface area contributed by atoms with Crippen LogP contribution >= 0.6 is 11.3 Å². The average molecular weight is 419 g/mol. The molecule has 0 aromatic carbocycles. The molecule has 0 aliphatic carbocycles. The van der Waals surface area contributed by atoms with E-state index in [2.05, 4.69) is 22.1 Å². The van der Waals surface area contributed by atoms with Gasteiger partial charge in [-0.15, -0.1) is 11.3 Å². The molecule has 2 heterocycles. The van der Waals surface area contributed by atoms with E-state index in [9.17, 15) is 13.2 Å². The number of carbonyl (C=O) groups is 1. The maximum absolute atomic E-state index is 12.0. The minimum atomic E-state index is -3.12. The fourth-order valence-corrected chi connectivity index (χ4v) is 4.77. The second-order valence-corrected chi connectivity index (χ2v) is 10.8. The molecule has 27 heavy (non-hydrogen) atoms. The number of piperazine rings is 1. The normalized spacial score (nSPS) is 17.1. The number of sulfonamides is 1. The number of hydrogen-bond donors (Lipinski definition) is 1. The summed E-state index contributed by atoms with van der Waals surface area (Å²) >= 11 is 1.45. The van der Waals surface area contributed by atoms with Crippen molar-refractivity contribution in [1.82, 2.24) is 14.2 Å². The van der Waals surface area contributed by atoms with Gasteiger partial charge in [0.15, 0.2) is 5.13 Å². The van der Waals surface area contributed by atoms with Gasteiger partial charge in [-0.1, -0.05) is 6.92 Å². The van der Waals surface area contributed by atoms with Crippen LogP contribution in [0.2, 0.25) is 0 Å². The molecule has 2 rings (SSSR count). The van der Waals surface area contributed by atoms with Gasteiger partial charge in [0.25, 0.3) is 0 Å². The summed E-state index contributed by atoms with van der Waals surface area (Å²) in [4.78, 5) is 19.8. The van der Waals surface area contributed by atoms with Crippen LogP contribution in [0.25, 0.3) is 0 Å². The Morgan fingerprint density at radius 3 is 2.37 bits per heavy atom. The Morgan fingerprint density at radius 1 is 1.22 bits per heavy atom. The summed E-state index contributed by atoms with van der Waals surface area (Å²) in [5, 5.41) is 3.24. The summed E-state index contributed by atoms with van der Waals surface area (Å²) in [7, 11) is -3.12. The van der Waals surface area contributed by atoms with E-state index in [1.807, 2.05) is 20.8 Å². The zero-order chi connectivity index (χ0) is 20.2. The van der Waals surface area contributed by atoms with Crippen molar-refractivity contribution in [1.29, 1.82) is 0 Å². The average Bonchev–Trinajstić information content (AvgIpc) is 2.94. The number of rotatable bonds is 6. The molecule has 1 amide bonds. The zero-order valence-electron chi connectivity index (χ0n) is 16.7. The van der Waals surface area contributed by atoms with Crippen LogP contribution in [0.4, 0.5) is 9.93 Å². The van der Waals surface area contributed by atoms with Crippen molar-refractivity contribution in [3.63, 3.8) is 0 Å². The van der Waals surface area contributed by atoms with Gasteiger partial charge in [-0.05, 0) is 34.1 Å². The molecule has 1 aromatic heterocycles. The van der Waals surface area contributed by atoms with Crippen molar-refractivity contribution >= 4 is 32.6 Å². The van der Waals surface area contributed by atoms with Crippen LogP contribution in [0, 0.1) is 0 Å². The number of aromatic nitrogens is 1. The van der Waals surface area contributed by atoms with Crippen LogP contribution < -0.4 is 5.32 Å². The first-order valence-corrected chi connectivity index (χ1v) is 11.7. The van der Waals surface area contributed by atoms with Gasteiger partial charge in [0.05, 0.1) is 11.4 Å². The first-order valence-electron chi connectivity index (χ1n) is 9.22. The third-order valence-corrected chi connectivity index (χ3v) is 7.21. The minimum Gasteiger partial charge on any atom is -0.444 e. The number of hydrogen-bond acceptors (Lipinski definition) is 7. The minimum absolute atomic E-state index is 0.138. The molecule has 0 spiro atoms. The van der Waals surface area contributed by atoms with Crippen molar-refractivity contribution in [3.8, 4) is 0 Å². The summed E-state index contributed by atoms with van der Waals surface area (Å²) in [5.41, 5.74) is 0.372. The largest absolute Gasteiger partial charge is 0.444 e. The number of nitrogens with one attached hydrogen (secondary N) is 1. The molecule has 1 N–H and O–H groups in total. The van der Waals surface area contributed by atoms with Crippen LogP contribution in [-0.2, 0) is 27.7 Å². The molecule has 1 fully saturated rings. The number of anilines is 1. The molecule has 1 aliphatic rings. The lowest BCUT2D eigenvalue weighted by molar-refractivity contribution is 0.0636. The van der Waals surface area contributed by atoms with Crippen LogP contribution in [0.15, 0.2) is 0 Å². The Labute approximate surface area is 166 Å². The van der Waals surface area contributed by atoms with Gasteiger partial charge < -0.3 is 4.74 Å². The first-order chi connectivity index (χ1) is 12.5. The molecule has 10 heteroatoms. The predicted molar refractivity (Wildman–Crippen MR) is 108 cm³/mol. The molecule has 0 bridgehead atoms. The van der Waals surface area contributed by atoms with E-state index >= 15 is 0 Å². The summed E-state index contributed by atoms with van der Waals surface area (Å²) < 4.78 is 30.8. The van der Waals surface area contributed by atoms with Gasteiger partial charge in [-0.3, -0.25) is 10.2 Å². The topological polar surface area (TPSA) is 91.8 Å². The molecular formula is C17H30N4O4S2. The van der Waals surface area contributed by atoms with E-state index in [4.69, 9.17) is 4.74 Å². The lowest BCUT2D eigenvalue weighted by Crippen LogP contribution is -2.48. The van der Waals surface area contributed by atoms with E-state index in [1.54, 1.807) is 11.2 Å². The summed E-state index contributed by atoms with van der Waals surface area (Å²) in [6.45, 7) is 12.2. The van der Waals surface area contributed by atoms with E-state index in [1.165, 1.54) is 11.3 Å². The SMILES string of the molecule is CCc1sc(NC(=O)OC(C)(C)C)nc1CN1CCN(S(=O)(=O)CC)CC1. The number of carbonyl (C=O) groups excluding carboxylic acids is 1. The molecule has 8 nitrogen and oxygen atoms in total.